The molecule has 0 radical (unpaired) electrons. The van der Waals surface area contributed by atoms with E-state index in [2.05, 4.69) is 4.99 Å². The summed E-state index contributed by atoms with van der Waals surface area (Å²) in [6.07, 6.45) is 3.99. The van der Waals surface area contributed by atoms with Crippen LogP contribution in [-0.4, -0.2) is 31.4 Å². The van der Waals surface area contributed by atoms with E-state index in [1.165, 1.54) is 23.0 Å². The third-order valence-corrected chi connectivity index (χ3v) is 6.20. The van der Waals surface area contributed by atoms with Crippen LogP contribution < -0.4 is 24.4 Å². The van der Waals surface area contributed by atoms with Crippen molar-refractivity contribution in [3.8, 4) is 11.5 Å². The number of carbonyl (C=O) groups is 1. The van der Waals surface area contributed by atoms with Crippen LogP contribution in [0.5, 0.6) is 11.5 Å². The van der Waals surface area contributed by atoms with Gasteiger partial charge in [0.2, 0.25) is 0 Å². The van der Waals surface area contributed by atoms with E-state index in [0.29, 0.717) is 44.5 Å². The van der Waals surface area contributed by atoms with Crippen molar-refractivity contribution in [1.29, 1.82) is 0 Å². The van der Waals surface area contributed by atoms with Crippen LogP contribution >= 0.6 is 11.3 Å². The highest BCUT2D eigenvalue weighted by molar-refractivity contribution is 7.07. The monoisotopic (exact) mass is 468 g/mol. The number of hydrogen-bond donors (Lipinski definition) is 0. The van der Waals surface area contributed by atoms with Gasteiger partial charge in [-0.05, 0) is 31.5 Å². The third kappa shape index (κ3) is 4.11. The average molecular weight is 469 g/mol. The number of carbonyl (C=O) groups excluding carboxylic acids is 1. The summed E-state index contributed by atoms with van der Waals surface area (Å²) in [5.41, 5.74) is 1.06. The first-order valence-corrected chi connectivity index (χ1v) is 11.3. The fourth-order valence-electron chi connectivity index (χ4n) is 3.76. The Balaban J connectivity index is 2.02. The molecule has 33 heavy (non-hydrogen) atoms. The zero-order valence-electron chi connectivity index (χ0n) is 18.8. The molecular formula is C24H24N2O6S. The Kier molecular flexibility index (Phi) is 6.50. The Morgan fingerprint density at radius 3 is 2.76 bits per heavy atom. The molecule has 3 aromatic rings. The molecule has 1 aromatic carbocycles. The van der Waals surface area contributed by atoms with Crippen molar-refractivity contribution in [2.75, 3.05) is 20.8 Å². The molecule has 0 saturated carbocycles. The topological polar surface area (TPSA) is 92.3 Å². The van der Waals surface area contributed by atoms with Crippen molar-refractivity contribution in [3.63, 3.8) is 0 Å². The second kappa shape index (κ2) is 9.50. The van der Waals surface area contributed by atoms with Gasteiger partial charge in [0.05, 0.1) is 42.9 Å². The summed E-state index contributed by atoms with van der Waals surface area (Å²) in [7, 11) is 2.86. The van der Waals surface area contributed by atoms with E-state index in [0.717, 1.165) is 6.42 Å². The SMILES string of the molecule is CCCOc1c(OC)cccc1[C@@H]1C(C(=O)OC)=C(C)N=c2s/c(=C/c3ccco3)c(=O)n21. The molecule has 9 heteroatoms. The molecule has 0 fully saturated rings. The molecule has 0 aliphatic carbocycles. The minimum atomic E-state index is -0.797. The van der Waals surface area contributed by atoms with Crippen molar-refractivity contribution >= 4 is 23.4 Å². The van der Waals surface area contributed by atoms with Gasteiger partial charge in [-0.2, -0.15) is 0 Å². The molecule has 172 valence electrons. The molecule has 3 heterocycles. The Morgan fingerprint density at radius 1 is 1.27 bits per heavy atom. The molecule has 8 nitrogen and oxygen atoms in total. The van der Waals surface area contributed by atoms with Crippen molar-refractivity contribution < 1.29 is 23.4 Å². The summed E-state index contributed by atoms with van der Waals surface area (Å²) in [4.78, 5) is 31.5. The minimum Gasteiger partial charge on any atom is -0.493 e. The van der Waals surface area contributed by atoms with Crippen LogP contribution in [0.3, 0.4) is 0 Å². The molecule has 0 spiro atoms. The van der Waals surface area contributed by atoms with Gasteiger partial charge in [-0.1, -0.05) is 30.4 Å². The number of aromatic nitrogens is 1. The molecule has 2 aromatic heterocycles. The fraction of sp³-hybridized carbons (Fsp3) is 0.292. The van der Waals surface area contributed by atoms with Gasteiger partial charge in [0.15, 0.2) is 16.3 Å². The van der Waals surface area contributed by atoms with Crippen molar-refractivity contribution in [3.05, 3.63) is 78.9 Å². The van der Waals surface area contributed by atoms with Gasteiger partial charge in [0.1, 0.15) is 11.8 Å². The number of allylic oxidation sites excluding steroid dienone is 1. The lowest BCUT2D eigenvalue weighted by molar-refractivity contribution is -0.136. The van der Waals surface area contributed by atoms with Gasteiger partial charge >= 0.3 is 5.97 Å². The predicted octanol–water partition coefficient (Wildman–Crippen LogP) is 2.80. The number of nitrogens with zero attached hydrogens (tertiary/aromatic N) is 2. The number of thiazole rings is 1. The summed E-state index contributed by atoms with van der Waals surface area (Å²) in [5.74, 6) is 0.973. The second-order valence-corrected chi connectivity index (χ2v) is 8.32. The molecule has 1 aliphatic heterocycles. The number of furan rings is 1. The largest absolute Gasteiger partial charge is 0.493 e. The number of benzene rings is 1. The Hall–Kier alpha value is -3.59. The molecule has 0 bridgehead atoms. The highest BCUT2D eigenvalue weighted by Gasteiger charge is 2.35. The maximum Gasteiger partial charge on any atom is 0.338 e. The van der Waals surface area contributed by atoms with E-state index >= 15 is 0 Å². The Morgan fingerprint density at radius 2 is 2.09 bits per heavy atom. The molecule has 4 rings (SSSR count). The lowest BCUT2D eigenvalue weighted by Crippen LogP contribution is -2.40. The summed E-state index contributed by atoms with van der Waals surface area (Å²) >= 11 is 1.23. The van der Waals surface area contributed by atoms with E-state index in [1.54, 1.807) is 50.6 Å². The number of esters is 1. The summed E-state index contributed by atoms with van der Waals surface area (Å²) < 4.78 is 24.0. The predicted molar refractivity (Wildman–Crippen MR) is 123 cm³/mol. The highest BCUT2D eigenvalue weighted by atomic mass is 32.1. The summed E-state index contributed by atoms with van der Waals surface area (Å²) in [5, 5.41) is 0. The molecule has 0 saturated heterocycles. The van der Waals surface area contributed by atoms with Crippen LogP contribution in [0, 0.1) is 0 Å². The Bertz CT molecular complexity index is 1380. The number of methoxy groups -OCH3 is 2. The molecule has 0 unspecified atom stereocenters. The zero-order chi connectivity index (χ0) is 23.5. The van der Waals surface area contributed by atoms with Crippen LogP contribution in [0.25, 0.3) is 6.08 Å². The maximum absolute atomic E-state index is 13.6. The summed E-state index contributed by atoms with van der Waals surface area (Å²) in [6, 6.07) is 8.12. The molecule has 1 aliphatic rings. The highest BCUT2D eigenvalue weighted by Crippen LogP contribution is 2.40. The standard InChI is InChI=1S/C24H24N2O6S/c1-5-11-32-21-16(9-6-10-17(21)29-3)20-19(23(28)30-4)14(2)25-24-26(20)22(27)18(33-24)13-15-8-7-12-31-15/h6-10,12-13,20H,5,11H2,1-4H3/b18-13+/t20-/m1/s1. The van der Waals surface area contributed by atoms with Crippen LogP contribution in [0.1, 0.15) is 37.6 Å². The molecule has 0 N–H and O–H groups in total. The van der Waals surface area contributed by atoms with Crippen molar-refractivity contribution in [2.45, 2.75) is 26.3 Å². The van der Waals surface area contributed by atoms with Crippen molar-refractivity contribution in [1.82, 2.24) is 4.57 Å². The first-order valence-electron chi connectivity index (χ1n) is 10.4. The third-order valence-electron chi connectivity index (χ3n) is 5.22. The number of para-hydroxylation sites is 1. The molecule has 1 atom stereocenters. The maximum atomic E-state index is 13.6. The Labute approximate surface area is 194 Å². The summed E-state index contributed by atoms with van der Waals surface area (Å²) in [6.45, 7) is 4.18. The quantitative estimate of drug-likeness (QED) is 0.495. The van der Waals surface area contributed by atoms with Gasteiger partial charge in [-0.15, -0.1) is 0 Å². The van der Waals surface area contributed by atoms with Gasteiger partial charge in [0, 0.05) is 11.6 Å². The van der Waals surface area contributed by atoms with Gasteiger partial charge in [-0.25, -0.2) is 9.79 Å². The number of ether oxygens (including phenoxy) is 3. The fourth-order valence-corrected chi connectivity index (χ4v) is 4.78. The lowest BCUT2D eigenvalue weighted by Gasteiger charge is -2.26. The van der Waals surface area contributed by atoms with Crippen molar-refractivity contribution in [2.24, 2.45) is 4.99 Å². The van der Waals surface area contributed by atoms with E-state index in [1.807, 2.05) is 13.0 Å². The minimum absolute atomic E-state index is 0.268. The molecular weight excluding hydrogens is 444 g/mol. The van der Waals surface area contributed by atoms with Crippen LogP contribution in [0.2, 0.25) is 0 Å². The van der Waals surface area contributed by atoms with E-state index in [4.69, 9.17) is 18.6 Å². The smallest absolute Gasteiger partial charge is 0.338 e. The normalized spacial score (nSPS) is 15.8. The van der Waals surface area contributed by atoms with E-state index in [-0.39, 0.29) is 11.1 Å². The van der Waals surface area contributed by atoms with Gasteiger partial charge in [0.25, 0.3) is 5.56 Å². The van der Waals surface area contributed by atoms with Crippen LogP contribution in [0.15, 0.2) is 62.1 Å². The van der Waals surface area contributed by atoms with E-state index < -0.39 is 12.0 Å². The first-order chi connectivity index (χ1) is 16.0. The number of fused-ring (bicyclic) bond motifs is 1. The lowest BCUT2D eigenvalue weighted by atomic mass is 9.94. The average Bonchev–Trinajstić information content (AvgIpc) is 3.44. The number of hydrogen-bond acceptors (Lipinski definition) is 8. The van der Waals surface area contributed by atoms with E-state index in [9.17, 15) is 9.59 Å². The van der Waals surface area contributed by atoms with Crippen LogP contribution in [-0.2, 0) is 9.53 Å². The number of rotatable bonds is 7. The van der Waals surface area contributed by atoms with Gasteiger partial charge < -0.3 is 18.6 Å². The van der Waals surface area contributed by atoms with Gasteiger partial charge in [-0.3, -0.25) is 9.36 Å². The van der Waals surface area contributed by atoms with Crippen LogP contribution in [0.4, 0.5) is 0 Å². The zero-order valence-corrected chi connectivity index (χ0v) is 19.6. The molecule has 0 amide bonds. The first kappa shape index (κ1) is 22.6. The second-order valence-electron chi connectivity index (χ2n) is 7.32.